The molecule has 0 bridgehead atoms. The van der Waals surface area contributed by atoms with Gasteiger partial charge in [-0.25, -0.2) is 0 Å². The van der Waals surface area contributed by atoms with Gasteiger partial charge in [-0.05, 0) is 43.8 Å². The number of hydrogen-bond acceptors (Lipinski definition) is 4. The topological polar surface area (TPSA) is 54.2 Å². The first-order chi connectivity index (χ1) is 14.5. The van der Waals surface area contributed by atoms with E-state index in [1.165, 1.54) is 5.56 Å². The Bertz CT molecular complexity index is 1120. The number of allylic oxidation sites excluding steroid dienone is 1. The molecular formula is C23H21ClN4OS. The molecule has 152 valence electrons. The van der Waals surface area contributed by atoms with Gasteiger partial charge in [0.25, 0.3) is 5.89 Å². The van der Waals surface area contributed by atoms with Crippen molar-refractivity contribution in [2.75, 3.05) is 6.54 Å². The number of aromatic nitrogens is 2. The quantitative estimate of drug-likeness (QED) is 0.418. The summed E-state index contributed by atoms with van der Waals surface area (Å²) in [5.74, 6) is 0.996. The van der Waals surface area contributed by atoms with E-state index in [0.29, 0.717) is 28.4 Å². The molecule has 3 aromatic rings. The summed E-state index contributed by atoms with van der Waals surface area (Å²) in [7, 11) is 0. The van der Waals surface area contributed by atoms with Crippen LogP contribution in [-0.2, 0) is 0 Å². The third-order valence-electron chi connectivity index (χ3n) is 5.08. The van der Waals surface area contributed by atoms with Gasteiger partial charge in [0.2, 0.25) is 5.82 Å². The molecule has 4 rings (SSSR count). The van der Waals surface area contributed by atoms with Crippen LogP contribution < -0.4 is 5.32 Å². The van der Waals surface area contributed by atoms with Gasteiger partial charge in [-0.1, -0.05) is 64.8 Å². The Balaban J connectivity index is 1.81. The minimum atomic E-state index is -0.234. The monoisotopic (exact) mass is 436 g/mol. The largest absolute Gasteiger partial charge is 0.351 e. The standard InChI is InChI=1S/C23H21ClN4OS/c1-4-13-28-15(3)19(20(25-23(28)30)16-9-11-18(24)12-10-16)22-26-21(27-29-22)17-7-5-14(2)6-8-17/h4-12,20H,1,13H2,2-3H3,(H,25,30). The van der Waals surface area contributed by atoms with E-state index >= 15 is 0 Å². The maximum atomic E-state index is 6.09. The van der Waals surface area contributed by atoms with Crippen molar-refractivity contribution in [2.24, 2.45) is 0 Å². The van der Waals surface area contributed by atoms with Crippen LogP contribution in [0.5, 0.6) is 0 Å². The molecule has 5 nitrogen and oxygen atoms in total. The van der Waals surface area contributed by atoms with Gasteiger partial charge in [0.15, 0.2) is 5.11 Å². The second kappa shape index (κ2) is 8.42. The normalized spacial score (nSPS) is 16.6. The highest BCUT2D eigenvalue weighted by Crippen LogP contribution is 2.37. The Labute approximate surface area is 186 Å². The van der Waals surface area contributed by atoms with Crippen LogP contribution in [0.15, 0.2) is 71.4 Å². The van der Waals surface area contributed by atoms with E-state index in [0.717, 1.165) is 22.4 Å². The number of rotatable bonds is 5. The molecule has 30 heavy (non-hydrogen) atoms. The van der Waals surface area contributed by atoms with E-state index in [1.54, 1.807) is 0 Å². The molecule has 7 heteroatoms. The van der Waals surface area contributed by atoms with Crippen LogP contribution in [0.4, 0.5) is 0 Å². The molecular weight excluding hydrogens is 416 g/mol. The van der Waals surface area contributed by atoms with Crippen molar-refractivity contribution in [3.63, 3.8) is 0 Å². The first-order valence-corrected chi connectivity index (χ1v) is 10.3. The number of thiocarbonyl (C=S) groups is 1. The van der Waals surface area contributed by atoms with Gasteiger partial charge in [0, 0.05) is 22.8 Å². The van der Waals surface area contributed by atoms with Crippen LogP contribution in [0, 0.1) is 6.92 Å². The fraction of sp³-hybridized carbons (Fsp3) is 0.174. The van der Waals surface area contributed by atoms with Crippen molar-refractivity contribution >= 4 is 34.5 Å². The van der Waals surface area contributed by atoms with E-state index in [4.69, 9.17) is 33.3 Å². The molecule has 2 aromatic carbocycles. The van der Waals surface area contributed by atoms with Crippen LogP contribution in [-0.4, -0.2) is 26.7 Å². The van der Waals surface area contributed by atoms with Gasteiger partial charge in [-0.15, -0.1) is 6.58 Å². The third kappa shape index (κ3) is 3.88. The van der Waals surface area contributed by atoms with Gasteiger partial charge in [-0.2, -0.15) is 4.98 Å². The summed E-state index contributed by atoms with van der Waals surface area (Å²) < 4.78 is 5.72. The Morgan fingerprint density at radius 3 is 2.53 bits per heavy atom. The Kier molecular flexibility index (Phi) is 5.70. The molecule has 0 spiro atoms. The van der Waals surface area contributed by atoms with Gasteiger partial charge in [0.05, 0.1) is 11.6 Å². The summed E-state index contributed by atoms with van der Waals surface area (Å²) in [6.45, 7) is 8.47. The lowest BCUT2D eigenvalue weighted by Crippen LogP contribution is -2.45. The van der Waals surface area contributed by atoms with Crippen LogP contribution in [0.2, 0.25) is 5.02 Å². The number of nitrogens with zero attached hydrogens (tertiary/aromatic N) is 3. The Morgan fingerprint density at radius 2 is 1.87 bits per heavy atom. The molecule has 0 radical (unpaired) electrons. The predicted octanol–water partition coefficient (Wildman–Crippen LogP) is 5.55. The smallest absolute Gasteiger partial charge is 0.258 e. The molecule has 2 heterocycles. The van der Waals surface area contributed by atoms with Gasteiger partial charge < -0.3 is 14.7 Å². The van der Waals surface area contributed by atoms with E-state index in [9.17, 15) is 0 Å². The lowest BCUT2D eigenvalue weighted by Gasteiger charge is -2.36. The lowest BCUT2D eigenvalue weighted by atomic mass is 9.95. The first kappa shape index (κ1) is 20.3. The summed E-state index contributed by atoms with van der Waals surface area (Å²) in [4.78, 5) is 6.67. The highest BCUT2D eigenvalue weighted by Gasteiger charge is 2.33. The SMILES string of the molecule is C=CCN1C(=S)NC(c2ccc(Cl)cc2)C(c2nc(-c3ccc(C)cc3)no2)=C1C. The number of nitrogens with one attached hydrogen (secondary N) is 1. The highest BCUT2D eigenvalue weighted by atomic mass is 35.5. The van der Waals surface area contributed by atoms with Crippen molar-refractivity contribution in [2.45, 2.75) is 19.9 Å². The molecule has 1 atom stereocenters. The van der Waals surface area contributed by atoms with Crippen molar-refractivity contribution < 1.29 is 4.52 Å². The van der Waals surface area contributed by atoms with E-state index < -0.39 is 0 Å². The van der Waals surface area contributed by atoms with E-state index in [2.05, 4.69) is 17.1 Å². The lowest BCUT2D eigenvalue weighted by molar-refractivity contribution is 0.399. The Morgan fingerprint density at radius 1 is 1.17 bits per heavy atom. The maximum absolute atomic E-state index is 6.09. The molecule has 1 aliphatic rings. The van der Waals surface area contributed by atoms with E-state index in [1.807, 2.05) is 73.4 Å². The molecule has 1 aliphatic heterocycles. The van der Waals surface area contributed by atoms with Gasteiger partial charge >= 0.3 is 0 Å². The molecule has 1 unspecified atom stereocenters. The summed E-state index contributed by atoms with van der Waals surface area (Å²) in [6.07, 6.45) is 1.81. The fourth-order valence-corrected chi connectivity index (χ4v) is 3.92. The molecule has 0 amide bonds. The maximum Gasteiger partial charge on any atom is 0.258 e. The summed E-state index contributed by atoms with van der Waals surface area (Å²) in [6, 6.07) is 15.4. The second-order valence-corrected chi connectivity index (χ2v) is 7.94. The number of hydrogen-bond donors (Lipinski definition) is 1. The van der Waals surface area contributed by atoms with E-state index in [-0.39, 0.29) is 6.04 Å². The average Bonchev–Trinajstić information content (AvgIpc) is 3.21. The second-order valence-electron chi connectivity index (χ2n) is 7.12. The number of benzene rings is 2. The first-order valence-electron chi connectivity index (χ1n) is 9.54. The molecule has 0 saturated heterocycles. The molecule has 1 aromatic heterocycles. The van der Waals surface area contributed by atoms with Crippen molar-refractivity contribution in [3.8, 4) is 11.4 Å². The van der Waals surface area contributed by atoms with Gasteiger partial charge in [0.1, 0.15) is 0 Å². The van der Waals surface area contributed by atoms with Crippen LogP contribution in [0.25, 0.3) is 17.0 Å². The molecule has 0 aliphatic carbocycles. The molecule has 0 saturated carbocycles. The van der Waals surface area contributed by atoms with Crippen LogP contribution in [0.1, 0.15) is 30.0 Å². The van der Waals surface area contributed by atoms with Crippen LogP contribution in [0.3, 0.4) is 0 Å². The van der Waals surface area contributed by atoms with Crippen LogP contribution >= 0.6 is 23.8 Å². The summed E-state index contributed by atoms with van der Waals surface area (Å²) in [5, 5.41) is 8.91. The zero-order chi connectivity index (χ0) is 21.3. The van der Waals surface area contributed by atoms with Gasteiger partial charge in [-0.3, -0.25) is 0 Å². The summed E-state index contributed by atoms with van der Waals surface area (Å²) >= 11 is 11.7. The Hall–Kier alpha value is -2.96. The van der Waals surface area contributed by atoms with Crippen molar-refractivity contribution in [3.05, 3.63) is 88.9 Å². The third-order valence-corrected chi connectivity index (χ3v) is 5.67. The predicted molar refractivity (Wildman–Crippen MR) is 124 cm³/mol. The summed E-state index contributed by atoms with van der Waals surface area (Å²) in [5.41, 5.74) is 4.90. The van der Waals surface area contributed by atoms with Crippen molar-refractivity contribution in [1.82, 2.24) is 20.4 Å². The fourth-order valence-electron chi connectivity index (χ4n) is 3.47. The number of aryl methyl sites for hydroxylation is 1. The average molecular weight is 437 g/mol. The molecule has 0 fully saturated rings. The zero-order valence-electron chi connectivity index (χ0n) is 16.7. The minimum absolute atomic E-state index is 0.234. The van der Waals surface area contributed by atoms with Crippen molar-refractivity contribution in [1.29, 1.82) is 0 Å². The molecule has 1 N–H and O–H groups in total. The highest BCUT2D eigenvalue weighted by molar-refractivity contribution is 7.80. The zero-order valence-corrected chi connectivity index (χ0v) is 18.3. The minimum Gasteiger partial charge on any atom is -0.351 e. The number of halogens is 1.